The Labute approximate surface area is 41.7 Å². The standard InChI is InChI=1S/C4H7NO2/c6-4-2-1-3-5-7/h4H,1-3H2. The van der Waals surface area contributed by atoms with E-state index in [1.807, 2.05) is 0 Å². The Kier molecular flexibility index (Phi) is 4.72. The molecule has 0 N–H and O–H groups in total. The molecule has 0 fully saturated rings. The summed E-state index contributed by atoms with van der Waals surface area (Å²) in [5.41, 5.74) is 0. The van der Waals surface area contributed by atoms with Gasteiger partial charge in [0, 0.05) is 6.42 Å². The van der Waals surface area contributed by atoms with Crippen LogP contribution in [0.15, 0.2) is 5.18 Å². The van der Waals surface area contributed by atoms with Crippen LogP contribution >= 0.6 is 0 Å². The first-order valence-electron chi connectivity index (χ1n) is 2.14. The molecule has 3 nitrogen and oxygen atoms in total. The zero-order chi connectivity index (χ0) is 5.54. The number of aldehydes is 1. The van der Waals surface area contributed by atoms with Crippen LogP contribution in [0.2, 0.25) is 0 Å². The maximum Gasteiger partial charge on any atom is 0.120 e. The van der Waals surface area contributed by atoms with E-state index in [9.17, 15) is 9.70 Å². The monoisotopic (exact) mass is 101 g/mol. The van der Waals surface area contributed by atoms with Gasteiger partial charge in [-0.25, -0.2) is 0 Å². The topological polar surface area (TPSA) is 46.5 Å². The lowest BCUT2D eigenvalue weighted by Gasteiger charge is -1.78. The SMILES string of the molecule is O=CCCCN=O. The molecule has 0 aliphatic heterocycles. The number of nitrogens with zero attached hydrogens (tertiary/aromatic N) is 1. The first kappa shape index (κ1) is 6.27. The van der Waals surface area contributed by atoms with Gasteiger partial charge in [-0.05, 0) is 6.42 Å². The largest absolute Gasteiger partial charge is 0.303 e. The third kappa shape index (κ3) is 5.27. The van der Waals surface area contributed by atoms with Crippen molar-refractivity contribution in [1.82, 2.24) is 0 Å². The molecular formula is C4H7NO2. The van der Waals surface area contributed by atoms with Crippen molar-refractivity contribution in [2.75, 3.05) is 6.54 Å². The summed E-state index contributed by atoms with van der Waals surface area (Å²) < 4.78 is 0. The first-order valence-corrected chi connectivity index (χ1v) is 2.14. The molecular weight excluding hydrogens is 94.0 g/mol. The van der Waals surface area contributed by atoms with E-state index >= 15 is 0 Å². The molecule has 0 aromatic carbocycles. The van der Waals surface area contributed by atoms with Gasteiger partial charge in [0.1, 0.15) is 6.29 Å². The number of hydrogen-bond donors (Lipinski definition) is 0. The Hall–Kier alpha value is -0.730. The fourth-order valence-electron chi connectivity index (χ4n) is 0.239. The van der Waals surface area contributed by atoms with Crippen molar-refractivity contribution in [2.24, 2.45) is 5.18 Å². The zero-order valence-electron chi connectivity index (χ0n) is 3.96. The van der Waals surface area contributed by atoms with Gasteiger partial charge in [-0.2, -0.15) is 4.91 Å². The summed E-state index contributed by atoms with van der Waals surface area (Å²) in [7, 11) is 0. The molecule has 0 amide bonds. The van der Waals surface area contributed by atoms with E-state index in [0.29, 0.717) is 12.8 Å². The molecule has 0 atom stereocenters. The van der Waals surface area contributed by atoms with Gasteiger partial charge in [0.15, 0.2) is 0 Å². The van der Waals surface area contributed by atoms with Crippen LogP contribution in [0.3, 0.4) is 0 Å². The van der Waals surface area contributed by atoms with Gasteiger partial charge in [-0.15, -0.1) is 0 Å². The lowest BCUT2D eigenvalue weighted by atomic mass is 10.3. The molecule has 0 bridgehead atoms. The highest BCUT2D eigenvalue weighted by Gasteiger charge is 1.80. The van der Waals surface area contributed by atoms with Crippen LogP contribution in [-0.2, 0) is 4.79 Å². The first-order chi connectivity index (χ1) is 3.41. The predicted molar refractivity (Wildman–Crippen MR) is 26.0 cm³/mol. The van der Waals surface area contributed by atoms with E-state index < -0.39 is 0 Å². The van der Waals surface area contributed by atoms with Crippen LogP contribution in [0.4, 0.5) is 0 Å². The summed E-state index contributed by atoms with van der Waals surface area (Å²) in [5.74, 6) is 0. The second-order valence-corrected chi connectivity index (χ2v) is 1.16. The second-order valence-electron chi connectivity index (χ2n) is 1.16. The van der Waals surface area contributed by atoms with Crippen molar-refractivity contribution in [2.45, 2.75) is 12.8 Å². The normalized spacial score (nSPS) is 8.00. The Morgan fingerprint density at radius 2 is 2.29 bits per heavy atom. The van der Waals surface area contributed by atoms with Gasteiger partial charge in [-0.1, -0.05) is 5.18 Å². The zero-order valence-corrected chi connectivity index (χ0v) is 3.96. The van der Waals surface area contributed by atoms with Crippen molar-refractivity contribution in [1.29, 1.82) is 0 Å². The van der Waals surface area contributed by atoms with E-state index in [0.717, 1.165) is 6.29 Å². The molecule has 0 radical (unpaired) electrons. The molecule has 0 rings (SSSR count). The Morgan fingerprint density at radius 3 is 2.71 bits per heavy atom. The molecule has 0 saturated carbocycles. The van der Waals surface area contributed by atoms with Gasteiger partial charge in [0.2, 0.25) is 0 Å². The molecule has 40 valence electrons. The number of carbonyl (C=O) groups is 1. The Bertz CT molecular complexity index is 54.7. The number of rotatable bonds is 4. The summed E-state index contributed by atoms with van der Waals surface area (Å²) in [6.45, 7) is 0.263. The van der Waals surface area contributed by atoms with E-state index in [1.54, 1.807) is 0 Å². The van der Waals surface area contributed by atoms with Gasteiger partial charge in [-0.3, -0.25) is 0 Å². The maximum absolute atomic E-state index is 9.54. The molecule has 0 aromatic heterocycles. The van der Waals surface area contributed by atoms with Gasteiger partial charge >= 0.3 is 0 Å². The third-order valence-corrected chi connectivity index (χ3v) is 0.571. The number of carbonyl (C=O) groups excluding carboxylic acids is 1. The summed E-state index contributed by atoms with van der Waals surface area (Å²) in [6, 6.07) is 0. The van der Waals surface area contributed by atoms with Crippen molar-refractivity contribution in [3.63, 3.8) is 0 Å². The minimum atomic E-state index is 0.263. The highest BCUT2D eigenvalue weighted by atomic mass is 16.3. The number of unbranched alkanes of at least 4 members (excludes halogenated alkanes) is 1. The van der Waals surface area contributed by atoms with E-state index in [-0.39, 0.29) is 6.54 Å². The van der Waals surface area contributed by atoms with Crippen LogP contribution < -0.4 is 0 Å². The van der Waals surface area contributed by atoms with Crippen molar-refractivity contribution in [3.8, 4) is 0 Å². The second kappa shape index (κ2) is 5.27. The van der Waals surface area contributed by atoms with Gasteiger partial charge in [0.05, 0.1) is 6.54 Å². The summed E-state index contributed by atoms with van der Waals surface area (Å²) in [4.78, 5) is 18.8. The van der Waals surface area contributed by atoms with Crippen molar-refractivity contribution >= 4 is 6.29 Å². The molecule has 0 unspecified atom stereocenters. The minimum Gasteiger partial charge on any atom is -0.303 e. The maximum atomic E-state index is 9.54. The molecule has 3 heteroatoms. The lowest BCUT2D eigenvalue weighted by molar-refractivity contribution is -0.107. The minimum absolute atomic E-state index is 0.263. The fraction of sp³-hybridized carbons (Fsp3) is 0.750. The number of nitroso groups, excluding NO2 is 1. The highest BCUT2D eigenvalue weighted by molar-refractivity contribution is 5.48. The van der Waals surface area contributed by atoms with E-state index in [2.05, 4.69) is 5.18 Å². The van der Waals surface area contributed by atoms with Crippen molar-refractivity contribution in [3.05, 3.63) is 4.91 Å². The molecule has 0 aliphatic carbocycles. The van der Waals surface area contributed by atoms with Crippen LogP contribution in [0.25, 0.3) is 0 Å². The number of hydrogen-bond acceptors (Lipinski definition) is 3. The van der Waals surface area contributed by atoms with Gasteiger partial charge < -0.3 is 4.79 Å². The molecule has 0 saturated heterocycles. The van der Waals surface area contributed by atoms with Crippen LogP contribution in [0, 0.1) is 4.91 Å². The summed E-state index contributed by atoms with van der Waals surface area (Å²) in [5, 5.41) is 2.56. The smallest absolute Gasteiger partial charge is 0.120 e. The summed E-state index contributed by atoms with van der Waals surface area (Å²) >= 11 is 0. The third-order valence-electron chi connectivity index (χ3n) is 0.571. The predicted octanol–water partition coefficient (Wildman–Crippen LogP) is 0.732. The van der Waals surface area contributed by atoms with Crippen LogP contribution in [-0.4, -0.2) is 12.8 Å². The molecule has 7 heavy (non-hydrogen) atoms. The molecule has 0 heterocycles. The van der Waals surface area contributed by atoms with E-state index in [4.69, 9.17) is 0 Å². The van der Waals surface area contributed by atoms with E-state index in [1.165, 1.54) is 0 Å². The Balaban J connectivity index is 2.68. The molecule has 0 aliphatic rings. The summed E-state index contributed by atoms with van der Waals surface area (Å²) in [6.07, 6.45) is 1.82. The van der Waals surface area contributed by atoms with Crippen LogP contribution in [0.1, 0.15) is 12.8 Å². The lowest BCUT2D eigenvalue weighted by Crippen LogP contribution is -1.78. The van der Waals surface area contributed by atoms with Gasteiger partial charge in [0.25, 0.3) is 0 Å². The quantitative estimate of drug-likeness (QED) is 0.298. The average molecular weight is 101 g/mol. The van der Waals surface area contributed by atoms with Crippen molar-refractivity contribution < 1.29 is 4.79 Å². The fourth-order valence-corrected chi connectivity index (χ4v) is 0.239. The highest BCUT2D eigenvalue weighted by Crippen LogP contribution is 1.82. The Morgan fingerprint density at radius 1 is 1.57 bits per heavy atom. The van der Waals surface area contributed by atoms with Crippen LogP contribution in [0.5, 0.6) is 0 Å². The molecule has 0 aromatic rings. The molecule has 0 spiro atoms. The average Bonchev–Trinajstić information content (AvgIpc) is 1.69.